The number of aliphatic hydroxyl groups excluding tert-OH is 1. The van der Waals surface area contributed by atoms with E-state index in [2.05, 4.69) is 0 Å². The predicted octanol–water partition coefficient (Wildman–Crippen LogP) is 3.57. The summed E-state index contributed by atoms with van der Waals surface area (Å²) in [4.78, 5) is 0. The summed E-state index contributed by atoms with van der Waals surface area (Å²) >= 11 is 16.3. The van der Waals surface area contributed by atoms with Crippen LogP contribution >= 0.6 is 34.8 Å². The maximum Gasteiger partial charge on any atom is 0.219 e. The minimum Gasteiger partial charge on any atom is -0.385 e. The molecule has 0 heterocycles. The van der Waals surface area contributed by atoms with Gasteiger partial charge in [0.05, 0.1) is 0 Å². The molecule has 0 radical (unpaired) electrons. The summed E-state index contributed by atoms with van der Waals surface area (Å²) in [6, 6.07) is 5.72. The van der Waals surface area contributed by atoms with Crippen molar-refractivity contribution >= 4 is 40.9 Å². The standard InChI is InChI=1S/C10H8Cl3FO/c11-10(12,13)9(15)6-3-7-1-4-8(14)5-2-7/h1-6,9,15H/b6-3+/t9-/m1/s1. The van der Waals surface area contributed by atoms with Crippen molar-refractivity contribution < 1.29 is 9.50 Å². The average molecular weight is 270 g/mol. The molecule has 0 bridgehead atoms. The quantitative estimate of drug-likeness (QED) is 0.814. The summed E-state index contributed by atoms with van der Waals surface area (Å²) in [5.74, 6) is -0.325. The molecule has 1 rings (SSSR count). The number of aliphatic hydroxyl groups is 1. The van der Waals surface area contributed by atoms with E-state index in [1.807, 2.05) is 0 Å². The average Bonchev–Trinajstić information content (AvgIpc) is 2.15. The summed E-state index contributed by atoms with van der Waals surface area (Å²) in [5.41, 5.74) is 0.713. The summed E-state index contributed by atoms with van der Waals surface area (Å²) in [6.07, 6.45) is 1.68. The summed E-state index contributed by atoms with van der Waals surface area (Å²) < 4.78 is 10.8. The topological polar surface area (TPSA) is 20.2 Å². The largest absolute Gasteiger partial charge is 0.385 e. The number of hydrogen-bond donors (Lipinski definition) is 1. The first-order valence-corrected chi connectivity index (χ1v) is 5.21. The van der Waals surface area contributed by atoms with Crippen LogP contribution in [0.2, 0.25) is 0 Å². The van der Waals surface area contributed by atoms with E-state index in [9.17, 15) is 9.50 Å². The molecule has 0 spiro atoms. The first-order chi connectivity index (χ1) is 6.89. The Morgan fingerprint density at radius 3 is 2.20 bits per heavy atom. The van der Waals surface area contributed by atoms with Crippen molar-refractivity contribution in [3.8, 4) is 0 Å². The van der Waals surface area contributed by atoms with Gasteiger partial charge in [0.15, 0.2) is 0 Å². The van der Waals surface area contributed by atoms with Crippen molar-refractivity contribution in [1.29, 1.82) is 0 Å². The highest BCUT2D eigenvalue weighted by Gasteiger charge is 2.28. The minimum absolute atomic E-state index is 0.325. The second-order valence-electron chi connectivity index (χ2n) is 2.90. The van der Waals surface area contributed by atoms with Gasteiger partial charge in [0.1, 0.15) is 11.9 Å². The zero-order chi connectivity index (χ0) is 11.5. The molecule has 0 unspecified atom stereocenters. The van der Waals surface area contributed by atoms with E-state index in [4.69, 9.17) is 34.8 Å². The Labute approximate surface area is 102 Å². The van der Waals surface area contributed by atoms with E-state index in [1.54, 1.807) is 18.2 Å². The molecule has 0 aliphatic heterocycles. The number of hydrogen-bond acceptors (Lipinski definition) is 1. The Balaban J connectivity index is 2.70. The predicted molar refractivity (Wildman–Crippen MR) is 61.7 cm³/mol. The lowest BCUT2D eigenvalue weighted by molar-refractivity contribution is 0.228. The Hall–Kier alpha value is -0.280. The molecule has 82 valence electrons. The molecule has 0 saturated carbocycles. The molecule has 0 aromatic heterocycles. The van der Waals surface area contributed by atoms with Gasteiger partial charge in [-0.15, -0.1) is 0 Å². The maximum atomic E-state index is 12.5. The molecule has 1 aromatic carbocycles. The fourth-order valence-corrected chi connectivity index (χ4v) is 1.10. The summed E-state index contributed by atoms with van der Waals surface area (Å²) in [7, 11) is 0. The van der Waals surface area contributed by atoms with E-state index in [-0.39, 0.29) is 5.82 Å². The third-order valence-electron chi connectivity index (χ3n) is 1.68. The van der Waals surface area contributed by atoms with Gasteiger partial charge in [-0.2, -0.15) is 0 Å². The smallest absolute Gasteiger partial charge is 0.219 e. The third-order valence-corrected chi connectivity index (χ3v) is 2.35. The minimum atomic E-state index is -1.75. The third kappa shape index (κ3) is 4.39. The van der Waals surface area contributed by atoms with Crippen LogP contribution in [-0.2, 0) is 0 Å². The number of rotatable bonds is 2. The molecule has 0 fully saturated rings. The van der Waals surface area contributed by atoms with Gasteiger partial charge in [0.25, 0.3) is 0 Å². The number of benzene rings is 1. The monoisotopic (exact) mass is 268 g/mol. The molecule has 1 atom stereocenters. The van der Waals surface area contributed by atoms with Crippen LogP contribution in [0.3, 0.4) is 0 Å². The van der Waals surface area contributed by atoms with Crippen molar-refractivity contribution in [2.45, 2.75) is 9.90 Å². The summed E-state index contributed by atoms with van der Waals surface area (Å²) in [5, 5.41) is 9.34. The van der Waals surface area contributed by atoms with Crippen LogP contribution in [0, 0.1) is 5.82 Å². The molecular weight excluding hydrogens is 261 g/mol. The van der Waals surface area contributed by atoms with Crippen molar-refractivity contribution in [3.05, 3.63) is 41.7 Å². The highest BCUT2D eigenvalue weighted by Crippen LogP contribution is 2.31. The van der Waals surface area contributed by atoms with Gasteiger partial charge in [-0.25, -0.2) is 4.39 Å². The lowest BCUT2D eigenvalue weighted by Gasteiger charge is -2.14. The van der Waals surface area contributed by atoms with Crippen molar-refractivity contribution in [2.24, 2.45) is 0 Å². The van der Waals surface area contributed by atoms with Gasteiger partial charge in [-0.3, -0.25) is 0 Å². The highest BCUT2D eigenvalue weighted by atomic mass is 35.6. The van der Waals surface area contributed by atoms with Crippen LogP contribution in [0.15, 0.2) is 30.3 Å². The molecule has 1 nitrogen and oxygen atoms in total. The van der Waals surface area contributed by atoms with Crippen molar-refractivity contribution in [2.75, 3.05) is 0 Å². The Bertz CT molecular complexity index is 343. The fraction of sp³-hybridized carbons (Fsp3) is 0.200. The van der Waals surface area contributed by atoms with E-state index in [1.165, 1.54) is 18.2 Å². The van der Waals surface area contributed by atoms with E-state index in [0.29, 0.717) is 5.56 Å². The molecule has 15 heavy (non-hydrogen) atoms. The van der Waals surface area contributed by atoms with Crippen molar-refractivity contribution in [3.63, 3.8) is 0 Å². The number of alkyl halides is 3. The molecule has 0 amide bonds. The Morgan fingerprint density at radius 2 is 1.73 bits per heavy atom. The molecule has 0 saturated heterocycles. The first-order valence-electron chi connectivity index (χ1n) is 4.08. The SMILES string of the molecule is O[C@H](/C=C/c1ccc(F)cc1)C(Cl)(Cl)Cl. The molecule has 5 heteroatoms. The second-order valence-corrected chi connectivity index (χ2v) is 5.27. The maximum absolute atomic E-state index is 12.5. The van der Waals surface area contributed by atoms with E-state index in [0.717, 1.165) is 0 Å². The Morgan fingerprint density at radius 1 is 1.20 bits per heavy atom. The van der Waals surface area contributed by atoms with E-state index >= 15 is 0 Å². The van der Waals surface area contributed by atoms with Gasteiger partial charge in [-0.05, 0) is 17.7 Å². The summed E-state index contributed by atoms with van der Waals surface area (Å²) in [6.45, 7) is 0. The van der Waals surface area contributed by atoms with E-state index < -0.39 is 9.90 Å². The molecular formula is C10H8Cl3FO. The first kappa shape index (κ1) is 12.8. The van der Waals surface area contributed by atoms with Gasteiger partial charge in [-0.1, -0.05) is 59.1 Å². The normalized spacial score (nSPS) is 14.5. The van der Waals surface area contributed by atoms with Crippen LogP contribution in [0.1, 0.15) is 5.56 Å². The molecule has 1 N–H and O–H groups in total. The van der Waals surface area contributed by atoms with Gasteiger partial charge < -0.3 is 5.11 Å². The fourth-order valence-electron chi connectivity index (χ4n) is 0.885. The second kappa shape index (κ2) is 5.17. The molecule has 0 aliphatic rings. The van der Waals surface area contributed by atoms with Gasteiger partial charge >= 0.3 is 0 Å². The lowest BCUT2D eigenvalue weighted by atomic mass is 10.2. The highest BCUT2D eigenvalue weighted by molar-refractivity contribution is 6.68. The van der Waals surface area contributed by atoms with Crippen LogP contribution in [0.4, 0.5) is 4.39 Å². The Kier molecular flexibility index (Phi) is 4.41. The lowest BCUT2D eigenvalue weighted by Crippen LogP contribution is -2.22. The van der Waals surface area contributed by atoms with Gasteiger partial charge in [0.2, 0.25) is 3.79 Å². The molecule has 0 aliphatic carbocycles. The van der Waals surface area contributed by atoms with Crippen LogP contribution in [-0.4, -0.2) is 15.0 Å². The zero-order valence-corrected chi connectivity index (χ0v) is 9.77. The molecule has 1 aromatic rings. The van der Waals surface area contributed by atoms with Crippen molar-refractivity contribution in [1.82, 2.24) is 0 Å². The zero-order valence-electron chi connectivity index (χ0n) is 7.50. The van der Waals surface area contributed by atoms with Crippen LogP contribution < -0.4 is 0 Å². The van der Waals surface area contributed by atoms with Crippen LogP contribution in [0.5, 0.6) is 0 Å². The number of halogens is 4. The van der Waals surface area contributed by atoms with Crippen LogP contribution in [0.25, 0.3) is 6.08 Å². The van der Waals surface area contributed by atoms with Gasteiger partial charge in [0, 0.05) is 0 Å².